The first-order chi connectivity index (χ1) is 6.83. The molecule has 0 spiro atoms. The largest absolute Gasteiger partial charge is 0.313 e. The van der Waals surface area contributed by atoms with E-state index in [9.17, 15) is 4.79 Å². The van der Waals surface area contributed by atoms with Crippen LogP contribution >= 0.6 is 11.3 Å². The van der Waals surface area contributed by atoms with Gasteiger partial charge in [-0.05, 0) is 13.1 Å². The first-order valence-corrected chi connectivity index (χ1v) is 5.35. The molecule has 1 aromatic carbocycles. The molecular weight excluding hydrogens is 194 g/mol. The van der Waals surface area contributed by atoms with E-state index in [0.29, 0.717) is 6.54 Å². The molecule has 3 heteroatoms. The molecule has 0 fully saturated rings. The molecular formula is C11H11NOS. The number of thiophene rings is 1. The van der Waals surface area contributed by atoms with Crippen LogP contribution in [0.1, 0.15) is 10.4 Å². The van der Waals surface area contributed by atoms with Crippen molar-refractivity contribution in [3.05, 3.63) is 35.2 Å². The van der Waals surface area contributed by atoms with Crippen molar-refractivity contribution in [2.75, 3.05) is 13.6 Å². The highest BCUT2D eigenvalue weighted by molar-refractivity contribution is 7.17. The number of carbonyl (C=O) groups is 1. The first kappa shape index (κ1) is 9.37. The van der Waals surface area contributed by atoms with Gasteiger partial charge in [0.2, 0.25) is 0 Å². The Morgan fingerprint density at radius 2 is 2.21 bits per heavy atom. The number of benzene rings is 1. The Morgan fingerprint density at radius 1 is 1.43 bits per heavy atom. The molecule has 2 nitrogen and oxygen atoms in total. The molecule has 1 heterocycles. The van der Waals surface area contributed by atoms with Crippen LogP contribution in [-0.2, 0) is 0 Å². The maximum atomic E-state index is 11.7. The molecule has 0 aliphatic carbocycles. The molecule has 2 aromatic rings. The first-order valence-electron chi connectivity index (χ1n) is 4.47. The van der Waals surface area contributed by atoms with Crippen LogP contribution in [-0.4, -0.2) is 19.4 Å². The fraction of sp³-hybridized carbons (Fsp3) is 0.182. The fourth-order valence-corrected chi connectivity index (χ4v) is 2.41. The van der Waals surface area contributed by atoms with Crippen LogP contribution in [0.4, 0.5) is 0 Å². The molecule has 0 saturated heterocycles. The molecule has 2 rings (SSSR count). The van der Waals surface area contributed by atoms with Crippen LogP contribution in [0, 0.1) is 0 Å². The lowest BCUT2D eigenvalue weighted by molar-refractivity contribution is 0.0995. The highest BCUT2D eigenvalue weighted by Crippen LogP contribution is 2.25. The quantitative estimate of drug-likeness (QED) is 0.779. The van der Waals surface area contributed by atoms with Gasteiger partial charge in [0.25, 0.3) is 0 Å². The Balaban J connectivity index is 2.47. The summed E-state index contributed by atoms with van der Waals surface area (Å²) in [4.78, 5) is 11.7. The molecule has 0 atom stereocenters. The third kappa shape index (κ3) is 1.56. The predicted molar refractivity (Wildman–Crippen MR) is 60.1 cm³/mol. The van der Waals surface area contributed by atoms with Crippen LogP contribution in [0.25, 0.3) is 10.1 Å². The zero-order valence-electron chi connectivity index (χ0n) is 7.91. The number of hydrogen-bond acceptors (Lipinski definition) is 3. The summed E-state index contributed by atoms with van der Waals surface area (Å²) in [5, 5.41) is 5.88. The number of ketones is 1. The Labute approximate surface area is 86.6 Å². The van der Waals surface area contributed by atoms with Crippen LogP contribution in [0.5, 0.6) is 0 Å². The Kier molecular flexibility index (Phi) is 2.61. The third-order valence-electron chi connectivity index (χ3n) is 2.12. The van der Waals surface area contributed by atoms with Gasteiger partial charge in [0.1, 0.15) is 0 Å². The Morgan fingerprint density at radius 3 is 3.00 bits per heavy atom. The lowest BCUT2D eigenvalue weighted by atomic mass is 10.1. The van der Waals surface area contributed by atoms with E-state index < -0.39 is 0 Å². The summed E-state index contributed by atoms with van der Waals surface area (Å²) in [6.07, 6.45) is 0. The zero-order chi connectivity index (χ0) is 9.97. The minimum atomic E-state index is 0.157. The summed E-state index contributed by atoms with van der Waals surface area (Å²) in [5.41, 5.74) is 0.833. The molecule has 0 saturated carbocycles. The topological polar surface area (TPSA) is 29.1 Å². The van der Waals surface area contributed by atoms with Crippen molar-refractivity contribution in [2.24, 2.45) is 0 Å². The summed E-state index contributed by atoms with van der Waals surface area (Å²) in [6.45, 7) is 0.403. The molecule has 0 amide bonds. The van der Waals surface area contributed by atoms with E-state index in [1.807, 2.05) is 29.6 Å². The minimum Gasteiger partial charge on any atom is -0.313 e. The zero-order valence-corrected chi connectivity index (χ0v) is 8.73. The van der Waals surface area contributed by atoms with Gasteiger partial charge in [0.15, 0.2) is 5.78 Å². The van der Waals surface area contributed by atoms with Crippen molar-refractivity contribution in [3.63, 3.8) is 0 Å². The van der Waals surface area contributed by atoms with E-state index in [1.165, 1.54) is 4.70 Å². The second-order valence-electron chi connectivity index (χ2n) is 3.10. The van der Waals surface area contributed by atoms with Crippen LogP contribution in [0.3, 0.4) is 0 Å². The lowest BCUT2D eigenvalue weighted by Gasteiger charge is -1.97. The maximum absolute atomic E-state index is 11.7. The molecule has 14 heavy (non-hydrogen) atoms. The molecule has 72 valence electrons. The predicted octanol–water partition coefficient (Wildman–Crippen LogP) is 2.30. The van der Waals surface area contributed by atoms with Crippen molar-refractivity contribution in [1.82, 2.24) is 5.32 Å². The lowest BCUT2D eigenvalue weighted by Crippen LogP contribution is -2.18. The van der Waals surface area contributed by atoms with E-state index in [4.69, 9.17) is 0 Å². The van der Waals surface area contributed by atoms with Crippen molar-refractivity contribution < 1.29 is 4.79 Å². The molecule has 0 unspecified atom stereocenters. The van der Waals surface area contributed by atoms with Gasteiger partial charge < -0.3 is 5.32 Å². The molecule has 1 aromatic heterocycles. The molecule has 1 N–H and O–H groups in total. The Hall–Kier alpha value is -1.19. The number of fused-ring (bicyclic) bond motifs is 1. The number of likely N-dealkylation sites (N-methyl/N-ethyl adjacent to an activating group) is 1. The van der Waals surface area contributed by atoms with E-state index in [0.717, 1.165) is 10.9 Å². The summed E-state index contributed by atoms with van der Waals surface area (Å²) >= 11 is 1.62. The van der Waals surface area contributed by atoms with Gasteiger partial charge in [-0.1, -0.05) is 18.2 Å². The molecule has 0 radical (unpaired) electrons. The average Bonchev–Trinajstić information content (AvgIpc) is 2.61. The van der Waals surface area contributed by atoms with Crippen LogP contribution in [0.2, 0.25) is 0 Å². The molecule has 0 bridgehead atoms. The number of carbonyl (C=O) groups excluding carboxylic acids is 1. The molecule has 0 aliphatic rings. The average molecular weight is 205 g/mol. The summed E-state index contributed by atoms with van der Waals surface area (Å²) < 4.78 is 1.17. The highest BCUT2D eigenvalue weighted by Gasteiger charge is 2.10. The van der Waals surface area contributed by atoms with E-state index in [1.54, 1.807) is 18.4 Å². The van der Waals surface area contributed by atoms with Crippen molar-refractivity contribution in [3.8, 4) is 0 Å². The standard InChI is InChI=1S/C11H11NOS/c1-12-6-10(13)9-7-14-11-5-3-2-4-8(9)11/h2-5,7,12H,6H2,1H3. The summed E-state index contributed by atoms with van der Waals surface area (Å²) in [5.74, 6) is 0.157. The van der Waals surface area contributed by atoms with Crippen LogP contribution in [0.15, 0.2) is 29.6 Å². The van der Waals surface area contributed by atoms with Gasteiger partial charge in [-0.15, -0.1) is 11.3 Å². The van der Waals surface area contributed by atoms with Gasteiger partial charge >= 0.3 is 0 Å². The minimum absolute atomic E-state index is 0.157. The highest BCUT2D eigenvalue weighted by atomic mass is 32.1. The number of rotatable bonds is 3. The maximum Gasteiger partial charge on any atom is 0.178 e. The normalized spacial score (nSPS) is 10.6. The van der Waals surface area contributed by atoms with E-state index >= 15 is 0 Å². The fourth-order valence-electron chi connectivity index (χ4n) is 1.45. The second kappa shape index (κ2) is 3.90. The Bertz CT molecular complexity index is 461. The van der Waals surface area contributed by atoms with E-state index in [-0.39, 0.29) is 5.78 Å². The summed E-state index contributed by atoms with van der Waals surface area (Å²) in [6, 6.07) is 7.99. The monoisotopic (exact) mass is 205 g/mol. The van der Waals surface area contributed by atoms with Gasteiger partial charge in [-0.25, -0.2) is 0 Å². The number of Topliss-reactive ketones (excluding diaryl/α,β-unsaturated/α-hetero) is 1. The number of hydrogen-bond donors (Lipinski definition) is 1. The SMILES string of the molecule is CNCC(=O)c1csc2ccccc12. The van der Waals surface area contributed by atoms with Gasteiger partial charge in [-0.3, -0.25) is 4.79 Å². The van der Waals surface area contributed by atoms with Crippen LogP contribution < -0.4 is 5.32 Å². The van der Waals surface area contributed by atoms with Gasteiger partial charge in [-0.2, -0.15) is 0 Å². The van der Waals surface area contributed by atoms with Gasteiger partial charge in [0.05, 0.1) is 6.54 Å². The molecule has 0 aliphatic heterocycles. The number of nitrogens with one attached hydrogen (secondary N) is 1. The third-order valence-corrected chi connectivity index (χ3v) is 3.08. The van der Waals surface area contributed by atoms with Crippen molar-refractivity contribution in [2.45, 2.75) is 0 Å². The van der Waals surface area contributed by atoms with E-state index in [2.05, 4.69) is 5.32 Å². The van der Waals surface area contributed by atoms with Crippen molar-refractivity contribution >= 4 is 27.2 Å². The van der Waals surface area contributed by atoms with Crippen molar-refractivity contribution in [1.29, 1.82) is 0 Å². The second-order valence-corrected chi connectivity index (χ2v) is 4.01. The smallest absolute Gasteiger partial charge is 0.178 e. The summed E-state index contributed by atoms with van der Waals surface area (Å²) in [7, 11) is 1.78. The van der Waals surface area contributed by atoms with Gasteiger partial charge in [0, 0.05) is 21.0 Å².